The lowest BCUT2D eigenvalue weighted by molar-refractivity contribution is 0.0171. The van der Waals surface area contributed by atoms with E-state index in [1.165, 1.54) is 28.2 Å². The van der Waals surface area contributed by atoms with Gasteiger partial charge in [-0.1, -0.05) is 23.7 Å². The molecule has 1 aliphatic rings. The lowest BCUT2D eigenvalue weighted by Crippen LogP contribution is -2.47. The van der Waals surface area contributed by atoms with Crippen molar-refractivity contribution < 1.29 is 18.3 Å². The van der Waals surface area contributed by atoms with Crippen molar-refractivity contribution in [2.75, 3.05) is 26.0 Å². The van der Waals surface area contributed by atoms with Crippen LogP contribution in [0, 0.1) is 0 Å². The molecule has 2 aromatic rings. The number of aliphatic hydroxyl groups is 1. The van der Waals surface area contributed by atoms with Gasteiger partial charge < -0.3 is 9.84 Å². The van der Waals surface area contributed by atoms with Crippen LogP contribution >= 0.6 is 23.4 Å². The summed E-state index contributed by atoms with van der Waals surface area (Å²) in [5.41, 5.74) is -0.905. The molecule has 5 nitrogen and oxygen atoms in total. The van der Waals surface area contributed by atoms with Gasteiger partial charge in [0, 0.05) is 28.8 Å². The molecule has 8 heteroatoms. The van der Waals surface area contributed by atoms with Crippen LogP contribution in [0.1, 0.15) is 12.8 Å². The minimum absolute atomic E-state index is 0.223. The number of hydrogen-bond donors (Lipinski definition) is 1. The first-order chi connectivity index (χ1) is 12.8. The molecule has 0 aromatic heterocycles. The SMILES string of the molecule is COc1ccccc1SCC1(O)CCN(S(=O)(=O)c2ccc(Cl)cc2)CC1. The van der Waals surface area contributed by atoms with E-state index in [2.05, 4.69) is 0 Å². The molecule has 2 aromatic carbocycles. The average Bonchev–Trinajstić information content (AvgIpc) is 2.67. The van der Waals surface area contributed by atoms with Gasteiger partial charge >= 0.3 is 0 Å². The van der Waals surface area contributed by atoms with Gasteiger partial charge in [0.15, 0.2) is 0 Å². The Morgan fingerprint density at radius 1 is 1.15 bits per heavy atom. The molecule has 0 spiro atoms. The quantitative estimate of drug-likeness (QED) is 0.712. The number of halogens is 1. The van der Waals surface area contributed by atoms with Crippen LogP contribution in [0.15, 0.2) is 58.3 Å². The molecule has 3 rings (SSSR count). The molecule has 0 atom stereocenters. The van der Waals surface area contributed by atoms with Crippen LogP contribution in [0.2, 0.25) is 5.02 Å². The average molecular weight is 428 g/mol. The van der Waals surface area contributed by atoms with Crippen LogP contribution in [-0.2, 0) is 10.0 Å². The van der Waals surface area contributed by atoms with E-state index in [9.17, 15) is 13.5 Å². The lowest BCUT2D eigenvalue weighted by Gasteiger charge is -2.37. The summed E-state index contributed by atoms with van der Waals surface area (Å²) in [6.45, 7) is 0.571. The molecule has 146 valence electrons. The molecule has 0 radical (unpaired) electrons. The van der Waals surface area contributed by atoms with Crippen molar-refractivity contribution in [2.45, 2.75) is 28.2 Å². The summed E-state index contributed by atoms with van der Waals surface area (Å²) in [6, 6.07) is 13.8. The van der Waals surface area contributed by atoms with E-state index < -0.39 is 15.6 Å². The van der Waals surface area contributed by atoms with E-state index in [-0.39, 0.29) is 18.0 Å². The van der Waals surface area contributed by atoms with Gasteiger partial charge in [-0.05, 0) is 49.2 Å². The van der Waals surface area contributed by atoms with Crippen molar-refractivity contribution in [3.05, 3.63) is 53.6 Å². The monoisotopic (exact) mass is 427 g/mol. The fourth-order valence-electron chi connectivity index (χ4n) is 2.99. The van der Waals surface area contributed by atoms with Gasteiger partial charge in [0.2, 0.25) is 10.0 Å². The second-order valence-corrected chi connectivity index (χ2v) is 9.91. The number of nitrogens with zero attached hydrogens (tertiary/aromatic N) is 1. The number of rotatable bonds is 6. The van der Waals surface area contributed by atoms with Gasteiger partial charge in [0.25, 0.3) is 0 Å². The molecule has 1 fully saturated rings. The zero-order valence-corrected chi connectivity index (χ0v) is 17.4. The normalized spacial score (nSPS) is 17.6. The van der Waals surface area contributed by atoms with Crippen LogP contribution in [-0.4, -0.2) is 49.4 Å². The first-order valence-corrected chi connectivity index (χ1v) is 11.4. The number of ether oxygens (including phenoxy) is 1. The molecule has 1 saturated heterocycles. The predicted octanol–water partition coefficient (Wildman–Crippen LogP) is 3.66. The van der Waals surface area contributed by atoms with Crippen molar-refractivity contribution in [3.8, 4) is 5.75 Å². The Labute approximate surface area is 169 Å². The third kappa shape index (κ3) is 4.78. The number of piperidine rings is 1. The number of sulfonamides is 1. The van der Waals surface area contributed by atoms with Crippen LogP contribution in [0.5, 0.6) is 5.75 Å². The number of methoxy groups -OCH3 is 1. The number of para-hydroxylation sites is 1. The summed E-state index contributed by atoms with van der Waals surface area (Å²) in [5, 5.41) is 11.4. The minimum atomic E-state index is -3.57. The van der Waals surface area contributed by atoms with Crippen LogP contribution in [0.25, 0.3) is 0 Å². The smallest absolute Gasteiger partial charge is 0.243 e. The maximum absolute atomic E-state index is 12.8. The van der Waals surface area contributed by atoms with Crippen LogP contribution < -0.4 is 4.74 Å². The summed E-state index contributed by atoms with van der Waals surface area (Å²) >= 11 is 7.37. The van der Waals surface area contributed by atoms with E-state index >= 15 is 0 Å². The van der Waals surface area contributed by atoms with E-state index in [0.717, 1.165) is 10.6 Å². The summed E-state index contributed by atoms with van der Waals surface area (Å²) in [7, 11) is -1.95. The van der Waals surface area contributed by atoms with Crippen LogP contribution in [0.3, 0.4) is 0 Å². The molecule has 0 amide bonds. The molecule has 1 N–H and O–H groups in total. The zero-order valence-electron chi connectivity index (χ0n) is 15.0. The Balaban J connectivity index is 1.62. The summed E-state index contributed by atoms with van der Waals surface area (Å²) in [4.78, 5) is 1.19. The second-order valence-electron chi connectivity index (χ2n) is 6.52. The lowest BCUT2D eigenvalue weighted by atomic mass is 9.95. The fraction of sp³-hybridized carbons (Fsp3) is 0.368. The largest absolute Gasteiger partial charge is 0.496 e. The van der Waals surface area contributed by atoms with Gasteiger partial charge in [0.1, 0.15) is 5.75 Å². The number of thioether (sulfide) groups is 1. The Hall–Kier alpha value is -1.25. The summed E-state index contributed by atoms with van der Waals surface area (Å²) in [6.07, 6.45) is 0.782. The van der Waals surface area contributed by atoms with Crippen LogP contribution in [0.4, 0.5) is 0 Å². The molecule has 0 bridgehead atoms. The second kappa shape index (κ2) is 8.41. The molecule has 1 aliphatic heterocycles. The summed E-state index contributed by atoms with van der Waals surface area (Å²) < 4.78 is 32.3. The van der Waals surface area contributed by atoms with E-state index in [4.69, 9.17) is 16.3 Å². The highest BCUT2D eigenvalue weighted by Gasteiger charge is 2.37. The molecule has 0 unspecified atom stereocenters. The fourth-order valence-corrected chi connectivity index (χ4v) is 5.74. The molecule has 0 saturated carbocycles. The van der Waals surface area contributed by atoms with E-state index in [1.54, 1.807) is 19.2 Å². The third-order valence-corrected chi connectivity index (χ3v) is 8.16. The number of hydrogen-bond acceptors (Lipinski definition) is 5. The van der Waals surface area contributed by atoms with Gasteiger partial charge in [-0.2, -0.15) is 4.31 Å². The van der Waals surface area contributed by atoms with Gasteiger partial charge in [-0.3, -0.25) is 0 Å². The summed E-state index contributed by atoms with van der Waals surface area (Å²) in [5.74, 6) is 1.26. The third-order valence-electron chi connectivity index (χ3n) is 4.67. The van der Waals surface area contributed by atoms with Crippen molar-refractivity contribution in [1.82, 2.24) is 4.31 Å². The molecule has 27 heavy (non-hydrogen) atoms. The van der Waals surface area contributed by atoms with E-state index in [1.807, 2.05) is 24.3 Å². The standard InChI is InChI=1S/C19H22ClNO4S2/c1-25-17-4-2-3-5-18(17)26-14-19(22)10-12-21(13-11-19)27(23,24)16-8-6-15(20)7-9-16/h2-9,22H,10-14H2,1H3. The van der Waals surface area contributed by atoms with Crippen molar-refractivity contribution in [2.24, 2.45) is 0 Å². The molecule has 0 aliphatic carbocycles. The highest BCUT2D eigenvalue weighted by molar-refractivity contribution is 7.99. The molecular formula is C19H22ClNO4S2. The Morgan fingerprint density at radius 3 is 2.41 bits per heavy atom. The van der Waals surface area contributed by atoms with Crippen molar-refractivity contribution in [3.63, 3.8) is 0 Å². The Morgan fingerprint density at radius 2 is 1.78 bits per heavy atom. The zero-order chi connectivity index (χ0) is 19.5. The number of benzene rings is 2. The topological polar surface area (TPSA) is 66.8 Å². The molecule has 1 heterocycles. The maximum atomic E-state index is 12.8. The predicted molar refractivity (Wildman–Crippen MR) is 108 cm³/mol. The van der Waals surface area contributed by atoms with Gasteiger partial charge in [-0.15, -0.1) is 11.8 Å². The van der Waals surface area contributed by atoms with Crippen molar-refractivity contribution >= 4 is 33.4 Å². The maximum Gasteiger partial charge on any atom is 0.243 e. The van der Waals surface area contributed by atoms with Gasteiger partial charge in [0.05, 0.1) is 17.6 Å². The van der Waals surface area contributed by atoms with E-state index in [0.29, 0.717) is 23.6 Å². The first kappa shape index (κ1) is 20.5. The Bertz CT molecular complexity index is 879. The minimum Gasteiger partial charge on any atom is -0.496 e. The highest BCUT2D eigenvalue weighted by Crippen LogP contribution is 2.35. The Kier molecular flexibility index (Phi) is 6.38. The first-order valence-electron chi connectivity index (χ1n) is 8.58. The van der Waals surface area contributed by atoms with Gasteiger partial charge in [-0.25, -0.2) is 8.42 Å². The van der Waals surface area contributed by atoms with Crippen molar-refractivity contribution in [1.29, 1.82) is 0 Å². The molecular weight excluding hydrogens is 406 g/mol. The highest BCUT2D eigenvalue weighted by atomic mass is 35.5.